The molecule has 0 spiro atoms. The number of aromatic carboxylic acids is 2. The highest BCUT2D eigenvalue weighted by Crippen LogP contribution is 2.25. The molecule has 2 aromatic carbocycles. The topological polar surface area (TPSA) is 113 Å². The van der Waals surface area contributed by atoms with Crippen molar-refractivity contribution in [2.24, 2.45) is 0 Å². The fourth-order valence-electron chi connectivity index (χ4n) is 2.28. The van der Waals surface area contributed by atoms with E-state index in [1.54, 1.807) is 12.1 Å². The number of carboxylic acids is 2. The predicted molar refractivity (Wildman–Crippen MR) is 95.4 cm³/mol. The number of rotatable bonds is 6. The summed E-state index contributed by atoms with van der Waals surface area (Å²) in [6, 6.07) is 6.73. The number of carbonyl (C=O) groups excluding carboxylic acids is 1. The second-order valence-corrected chi connectivity index (χ2v) is 6.00. The Morgan fingerprint density at radius 2 is 1.46 bits per heavy atom. The van der Waals surface area contributed by atoms with Gasteiger partial charge in [0.2, 0.25) is 0 Å². The van der Waals surface area contributed by atoms with Gasteiger partial charge in [0, 0.05) is 10.7 Å². The molecular weight excluding hydrogens is 362 g/mol. The summed E-state index contributed by atoms with van der Waals surface area (Å²) in [5, 5.41) is 21.1. The van der Waals surface area contributed by atoms with Gasteiger partial charge in [-0.3, -0.25) is 4.79 Å². The van der Waals surface area contributed by atoms with Crippen molar-refractivity contribution in [3.8, 4) is 5.75 Å². The van der Waals surface area contributed by atoms with Crippen LogP contribution in [0.15, 0.2) is 30.3 Å². The van der Waals surface area contributed by atoms with E-state index in [0.29, 0.717) is 10.8 Å². The number of carboxylic acid groups (broad SMARTS) is 2. The highest BCUT2D eigenvalue weighted by molar-refractivity contribution is 6.32. The van der Waals surface area contributed by atoms with Crippen molar-refractivity contribution in [1.29, 1.82) is 0 Å². The van der Waals surface area contributed by atoms with Gasteiger partial charge in [0.05, 0.1) is 11.1 Å². The Bertz CT molecular complexity index is 838. The number of benzene rings is 2. The van der Waals surface area contributed by atoms with E-state index in [-0.39, 0.29) is 23.4 Å². The first-order valence-corrected chi connectivity index (χ1v) is 7.86. The fraction of sp³-hybridized carbons (Fsp3) is 0.167. The number of hydrogen-bond acceptors (Lipinski definition) is 4. The maximum Gasteiger partial charge on any atom is 0.335 e. The number of anilines is 1. The lowest BCUT2D eigenvalue weighted by atomic mass is 10.1. The van der Waals surface area contributed by atoms with Crippen LogP contribution >= 0.6 is 11.6 Å². The molecule has 0 saturated carbocycles. The van der Waals surface area contributed by atoms with Crippen molar-refractivity contribution < 1.29 is 29.3 Å². The van der Waals surface area contributed by atoms with E-state index in [4.69, 9.17) is 26.6 Å². The minimum Gasteiger partial charge on any atom is -0.484 e. The average molecular weight is 378 g/mol. The maximum absolute atomic E-state index is 12.0. The molecule has 136 valence electrons. The minimum atomic E-state index is -1.30. The molecule has 2 aromatic rings. The first kappa shape index (κ1) is 19.3. The molecule has 0 aromatic heterocycles. The van der Waals surface area contributed by atoms with Crippen LogP contribution in [0.2, 0.25) is 5.02 Å². The monoisotopic (exact) mass is 377 g/mol. The predicted octanol–water partition coefficient (Wildman–Crippen LogP) is 3.37. The van der Waals surface area contributed by atoms with Crippen LogP contribution in [0.5, 0.6) is 5.75 Å². The molecule has 0 aliphatic heterocycles. The molecule has 0 atom stereocenters. The van der Waals surface area contributed by atoms with Crippen LogP contribution in [0.1, 0.15) is 31.8 Å². The summed E-state index contributed by atoms with van der Waals surface area (Å²) in [6.45, 7) is 3.29. The van der Waals surface area contributed by atoms with E-state index in [2.05, 4.69) is 5.32 Å². The molecule has 0 heterocycles. The molecule has 0 fully saturated rings. The van der Waals surface area contributed by atoms with Gasteiger partial charge in [-0.2, -0.15) is 0 Å². The molecule has 0 aliphatic carbocycles. The highest BCUT2D eigenvalue weighted by Gasteiger charge is 2.13. The lowest BCUT2D eigenvalue weighted by Crippen LogP contribution is -2.20. The number of carbonyl (C=O) groups is 3. The molecule has 7 nitrogen and oxygen atoms in total. The van der Waals surface area contributed by atoms with Crippen LogP contribution < -0.4 is 10.1 Å². The SMILES string of the molecule is Cc1cc(OCC(=O)Nc2cc(C(=O)O)cc(C(=O)O)c2)cc(C)c1Cl. The van der Waals surface area contributed by atoms with Gasteiger partial charge in [-0.05, 0) is 55.3 Å². The summed E-state index contributed by atoms with van der Waals surface area (Å²) >= 11 is 6.07. The largest absolute Gasteiger partial charge is 0.484 e. The fourth-order valence-corrected chi connectivity index (χ4v) is 2.39. The van der Waals surface area contributed by atoms with Crippen LogP contribution in [0, 0.1) is 13.8 Å². The van der Waals surface area contributed by atoms with E-state index >= 15 is 0 Å². The van der Waals surface area contributed by atoms with Crippen molar-refractivity contribution in [2.45, 2.75) is 13.8 Å². The highest BCUT2D eigenvalue weighted by atomic mass is 35.5. The number of halogens is 1. The van der Waals surface area contributed by atoms with Crippen LogP contribution in [-0.2, 0) is 4.79 Å². The minimum absolute atomic E-state index is 0.0550. The molecule has 1 amide bonds. The molecular formula is C18H16ClNO6. The van der Waals surface area contributed by atoms with Crippen molar-refractivity contribution in [3.05, 3.63) is 57.6 Å². The molecule has 0 unspecified atom stereocenters. The van der Waals surface area contributed by atoms with E-state index in [1.807, 2.05) is 13.8 Å². The summed E-state index contributed by atoms with van der Waals surface area (Å²) in [6.07, 6.45) is 0. The Hall–Kier alpha value is -3.06. The normalized spacial score (nSPS) is 10.3. The van der Waals surface area contributed by atoms with E-state index in [0.717, 1.165) is 17.2 Å². The molecule has 8 heteroatoms. The average Bonchev–Trinajstić information content (AvgIpc) is 2.57. The quantitative estimate of drug-likeness (QED) is 0.711. The zero-order valence-corrected chi connectivity index (χ0v) is 14.8. The van der Waals surface area contributed by atoms with Gasteiger partial charge in [-0.1, -0.05) is 11.6 Å². The van der Waals surface area contributed by atoms with Gasteiger partial charge in [-0.15, -0.1) is 0 Å². The van der Waals surface area contributed by atoms with Crippen molar-refractivity contribution in [1.82, 2.24) is 0 Å². The molecule has 3 N–H and O–H groups in total. The summed E-state index contributed by atoms with van der Waals surface area (Å²) in [7, 11) is 0. The first-order chi connectivity index (χ1) is 12.2. The van der Waals surface area contributed by atoms with Crippen molar-refractivity contribution in [3.63, 3.8) is 0 Å². The Balaban J connectivity index is 2.10. The van der Waals surface area contributed by atoms with Crippen LogP contribution in [0.25, 0.3) is 0 Å². The Labute approximate surface area is 154 Å². The third kappa shape index (κ3) is 4.73. The van der Waals surface area contributed by atoms with E-state index < -0.39 is 17.8 Å². The molecule has 0 aliphatic rings. The Morgan fingerprint density at radius 3 is 1.92 bits per heavy atom. The summed E-state index contributed by atoms with van der Waals surface area (Å²) in [4.78, 5) is 34.2. The number of amides is 1. The maximum atomic E-state index is 12.0. The van der Waals surface area contributed by atoms with Crippen LogP contribution in [-0.4, -0.2) is 34.7 Å². The smallest absolute Gasteiger partial charge is 0.335 e. The third-order valence-corrected chi connectivity index (χ3v) is 4.09. The van der Waals surface area contributed by atoms with Gasteiger partial charge in [0.1, 0.15) is 5.75 Å². The van der Waals surface area contributed by atoms with Gasteiger partial charge in [-0.25, -0.2) is 9.59 Å². The summed E-state index contributed by atoms with van der Waals surface area (Å²) in [5.41, 5.74) is 1.18. The zero-order chi connectivity index (χ0) is 19.4. The van der Waals surface area contributed by atoms with Gasteiger partial charge < -0.3 is 20.3 Å². The lowest BCUT2D eigenvalue weighted by Gasteiger charge is -2.11. The summed E-state index contributed by atoms with van der Waals surface area (Å²) in [5.74, 6) is -2.70. The number of hydrogen-bond donors (Lipinski definition) is 3. The van der Waals surface area contributed by atoms with Gasteiger partial charge in [0.15, 0.2) is 6.61 Å². The molecule has 26 heavy (non-hydrogen) atoms. The van der Waals surface area contributed by atoms with E-state index in [1.165, 1.54) is 12.1 Å². The Kier molecular flexibility index (Phi) is 5.84. The number of ether oxygens (including phenoxy) is 1. The van der Waals surface area contributed by atoms with E-state index in [9.17, 15) is 14.4 Å². The van der Waals surface area contributed by atoms with Crippen molar-refractivity contribution in [2.75, 3.05) is 11.9 Å². The lowest BCUT2D eigenvalue weighted by molar-refractivity contribution is -0.118. The second kappa shape index (κ2) is 7.88. The number of aryl methyl sites for hydroxylation is 2. The molecule has 0 saturated heterocycles. The third-order valence-electron chi connectivity index (χ3n) is 3.49. The van der Waals surface area contributed by atoms with Gasteiger partial charge >= 0.3 is 11.9 Å². The second-order valence-electron chi connectivity index (χ2n) is 5.62. The first-order valence-electron chi connectivity index (χ1n) is 7.48. The molecule has 0 radical (unpaired) electrons. The van der Waals surface area contributed by atoms with Gasteiger partial charge in [0.25, 0.3) is 5.91 Å². The van der Waals surface area contributed by atoms with Crippen LogP contribution in [0.4, 0.5) is 5.69 Å². The Morgan fingerprint density at radius 1 is 0.962 bits per heavy atom. The molecule has 0 bridgehead atoms. The standard InChI is InChI=1S/C18H16ClNO6/c1-9-3-14(4-10(2)16(9)19)26-8-15(21)20-13-6-11(17(22)23)5-12(7-13)18(24)25/h3-7H,8H2,1-2H3,(H,20,21)(H,22,23)(H,24,25). The van der Waals surface area contributed by atoms with Crippen LogP contribution in [0.3, 0.4) is 0 Å². The molecule has 2 rings (SSSR count). The number of nitrogens with one attached hydrogen (secondary N) is 1. The summed E-state index contributed by atoms with van der Waals surface area (Å²) < 4.78 is 5.41. The zero-order valence-electron chi connectivity index (χ0n) is 14.0. The van der Waals surface area contributed by atoms with Crippen molar-refractivity contribution >= 4 is 35.1 Å².